The van der Waals surface area contributed by atoms with Gasteiger partial charge >= 0.3 is 0 Å². The Morgan fingerprint density at radius 3 is 1.77 bits per heavy atom. The second kappa shape index (κ2) is 7.62. The SMILES string of the molecule is c1ccc2c(c1)oc1c(-c3cccc4oc5c(-n6c7ccccc7c7ccccc76)cccc5c34)cccc12. The third-order valence-electron chi connectivity index (χ3n) is 8.02. The topological polar surface area (TPSA) is 31.2 Å². The first kappa shape index (κ1) is 20.7. The van der Waals surface area contributed by atoms with Crippen LogP contribution in [0.2, 0.25) is 0 Å². The molecule has 6 aromatic carbocycles. The summed E-state index contributed by atoms with van der Waals surface area (Å²) in [6.45, 7) is 0. The summed E-state index contributed by atoms with van der Waals surface area (Å²) in [5.74, 6) is 0. The molecule has 0 aliphatic carbocycles. The molecule has 0 spiro atoms. The largest absolute Gasteiger partial charge is 0.455 e. The molecule has 3 heterocycles. The molecule has 9 aromatic rings. The van der Waals surface area contributed by atoms with Crippen molar-refractivity contribution in [3.8, 4) is 16.8 Å². The number of aromatic nitrogens is 1. The van der Waals surface area contributed by atoms with Gasteiger partial charge in [-0.25, -0.2) is 0 Å². The van der Waals surface area contributed by atoms with Crippen molar-refractivity contribution in [1.29, 1.82) is 0 Å². The van der Waals surface area contributed by atoms with Crippen LogP contribution in [0.25, 0.3) is 82.5 Å². The summed E-state index contributed by atoms with van der Waals surface area (Å²) in [6, 6.07) is 44.6. The predicted molar refractivity (Wildman–Crippen MR) is 161 cm³/mol. The van der Waals surface area contributed by atoms with Gasteiger partial charge in [-0.3, -0.25) is 0 Å². The molecule has 0 bridgehead atoms. The molecule has 0 unspecified atom stereocenters. The summed E-state index contributed by atoms with van der Waals surface area (Å²) < 4.78 is 15.4. The highest BCUT2D eigenvalue weighted by Gasteiger charge is 2.20. The first-order valence-electron chi connectivity index (χ1n) is 13.2. The van der Waals surface area contributed by atoms with Crippen LogP contribution in [-0.4, -0.2) is 4.57 Å². The number of para-hydroxylation sites is 5. The molecule has 0 saturated carbocycles. The predicted octanol–water partition coefficient (Wildman–Crippen LogP) is 10.2. The minimum atomic E-state index is 0.865. The molecular formula is C36H21NO2. The van der Waals surface area contributed by atoms with Crippen molar-refractivity contribution in [2.45, 2.75) is 0 Å². The molecule has 0 N–H and O–H groups in total. The van der Waals surface area contributed by atoms with E-state index in [-0.39, 0.29) is 0 Å². The molecule has 0 fully saturated rings. The molecule has 182 valence electrons. The Morgan fingerprint density at radius 2 is 0.949 bits per heavy atom. The molecule has 3 nitrogen and oxygen atoms in total. The van der Waals surface area contributed by atoms with E-state index in [0.29, 0.717) is 0 Å². The Morgan fingerprint density at radius 1 is 0.385 bits per heavy atom. The molecular weight excluding hydrogens is 478 g/mol. The zero-order valence-corrected chi connectivity index (χ0v) is 20.9. The van der Waals surface area contributed by atoms with Crippen LogP contribution in [-0.2, 0) is 0 Å². The zero-order valence-electron chi connectivity index (χ0n) is 20.9. The van der Waals surface area contributed by atoms with Gasteiger partial charge in [0, 0.05) is 37.9 Å². The first-order valence-corrected chi connectivity index (χ1v) is 13.2. The summed E-state index contributed by atoms with van der Waals surface area (Å²) in [7, 11) is 0. The van der Waals surface area contributed by atoms with Gasteiger partial charge in [0.2, 0.25) is 0 Å². The van der Waals surface area contributed by atoms with Crippen LogP contribution in [0, 0.1) is 0 Å². The number of hydrogen-bond donors (Lipinski definition) is 0. The lowest BCUT2D eigenvalue weighted by molar-refractivity contribution is 0.666. The molecule has 0 atom stereocenters. The zero-order chi connectivity index (χ0) is 25.5. The van der Waals surface area contributed by atoms with Gasteiger partial charge in [0.25, 0.3) is 0 Å². The van der Waals surface area contributed by atoms with Gasteiger partial charge in [0.1, 0.15) is 16.7 Å². The molecule has 3 heteroatoms. The number of fused-ring (bicyclic) bond motifs is 9. The molecule has 0 saturated heterocycles. The van der Waals surface area contributed by atoms with Crippen molar-refractivity contribution in [3.05, 3.63) is 127 Å². The summed E-state index contributed by atoms with van der Waals surface area (Å²) in [4.78, 5) is 0. The average Bonchev–Trinajstić information content (AvgIpc) is 3.67. The van der Waals surface area contributed by atoms with Crippen LogP contribution in [0.5, 0.6) is 0 Å². The van der Waals surface area contributed by atoms with Gasteiger partial charge < -0.3 is 13.4 Å². The quantitative estimate of drug-likeness (QED) is 0.237. The Hall–Kier alpha value is -5.28. The Balaban J connectivity index is 1.38. The lowest BCUT2D eigenvalue weighted by Gasteiger charge is -2.08. The van der Waals surface area contributed by atoms with E-state index < -0.39 is 0 Å². The fraction of sp³-hybridized carbons (Fsp3) is 0. The van der Waals surface area contributed by atoms with E-state index in [0.717, 1.165) is 60.7 Å². The smallest absolute Gasteiger partial charge is 0.159 e. The number of furan rings is 2. The maximum absolute atomic E-state index is 6.69. The average molecular weight is 500 g/mol. The second-order valence-electron chi connectivity index (χ2n) is 10.1. The number of rotatable bonds is 2. The van der Waals surface area contributed by atoms with Crippen molar-refractivity contribution < 1.29 is 8.83 Å². The number of nitrogens with zero attached hydrogens (tertiary/aromatic N) is 1. The van der Waals surface area contributed by atoms with Crippen LogP contribution in [0.3, 0.4) is 0 Å². The number of benzene rings is 6. The maximum atomic E-state index is 6.69. The van der Waals surface area contributed by atoms with E-state index in [1.54, 1.807) is 0 Å². The van der Waals surface area contributed by atoms with Crippen molar-refractivity contribution in [3.63, 3.8) is 0 Å². The van der Waals surface area contributed by atoms with E-state index >= 15 is 0 Å². The minimum Gasteiger partial charge on any atom is -0.455 e. The number of hydrogen-bond acceptors (Lipinski definition) is 2. The van der Waals surface area contributed by atoms with Gasteiger partial charge in [0.15, 0.2) is 5.58 Å². The van der Waals surface area contributed by atoms with Crippen molar-refractivity contribution in [1.82, 2.24) is 4.57 Å². The first-order chi connectivity index (χ1) is 19.4. The maximum Gasteiger partial charge on any atom is 0.159 e. The van der Waals surface area contributed by atoms with E-state index in [9.17, 15) is 0 Å². The van der Waals surface area contributed by atoms with Crippen LogP contribution in [0.4, 0.5) is 0 Å². The van der Waals surface area contributed by atoms with Gasteiger partial charge in [0.05, 0.1) is 16.7 Å². The normalized spacial score (nSPS) is 12.1. The summed E-state index contributed by atoms with van der Waals surface area (Å²) in [5.41, 5.74) is 9.09. The summed E-state index contributed by atoms with van der Waals surface area (Å²) >= 11 is 0. The van der Waals surface area contributed by atoms with Gasteiger partial charge in [-0.15, -0.1) is 0 Å². The summed E-state index contributed by atoms with van der Waals surface area (Å²) in [5, 5.41) is 6.92. The van der Waals surface area contributed by atoms with Crippen LogP contribution >= 0.6 is 0 Å². The second-order valence-corrected chi connectivity index (χ2v) is 10.1. The highest BCUT2D eigenvalue weighted by atomic mass is 16.3. The van der Waals surface area contributed by atoms with Gasteiger partial charge in [-0.2, -0.15) is 0 Å². The third kappa shape index (κ3) is 2.76. The summed E-state index contributed by atoms with van der Waals surface area (Å²) in [6.07, 6.45) is 0. The van der Waals surface area contributed by atoms with E-state index in [1.807, 2.05) is 12.1 Å². The minimum absolute atomic E-state index is 0.865. The van der Waals surface area contributed by atoms with E-state index in [4.69, 9.17) is 8.83 Å². The fourth-order valence-electron chi connectivity index (χ4n) is 6.37. The van der Waals surface area contributed by atoms with Gasteiger partial charge in [-0.05, 0) is 35.9 Å². The third-order valence-corrected chi connectivity index (χ3v) is 8.02. The van der Waals surface area contributed by atoms with Crippen molar-refractivity contribution >= 4 is 65.7 Å². The molecule has 9 rings (SSSR count). The monoisotopic (exact) mass is 499 g/mol. The van der Waals surface area contributed by atoms with E-state index in [1.165, 1.54) is 21.8 Å². The Bertz CT molecular complexity index is 2350. The molecule has 3 aromatic heterocycles. The lowest BCUT2D eigenvalue weighted by atomic mass is 9.97. The molecule has 0 aliphatic heterocycles. The van der Waals surface area contributed by atoms with E-state index in [2.05, 4.69) is 120 Å². The highest BCUT2D eigenvalue weighted by molar-refractivity contribution is 6.19. The Kier molecular flexibility index (Phi) is 4.05. The van der Waals surface area contributed by atoms with Crippen molar-refractivity contribution in [2.24, 2.45) is 0 Å². The fourth-order valence-corrected chi connectivity index (χ4v) is 6.37. The molecule has 0 amide bonds. The molecule has 39 heavy (non-hydrogen) atoms. The highest BCUT2D eigenvalue weighted by Crippen LogP contribution is 2.43. The van der Waals surface area contributed by atoms with Gasteiger partial charge in [-0.1, -0.05) is 97.1 Å². The molecule has 0 radical (unpaired) electrons. The lowest BCUT2D eigenvalue weighted by Crippen LogP contribution is -1.94. The standard InChI is InChI=1S/C36H21NO2/c1-4-17-29-22(10-1)23-11-2-5-18-30(23)37(29)31-19-8-16-28-34-25(13-9-21-33(34)39-36(28)31)27-15-7-14-26-24-12-3-6-20-32(24)38-35(26)27/h1-21H. The van der Waals surface area contributed by atoms with Crippen molar-refractivity contribution in [2.75, 3.05) is 0 Å². The molecule has 0 aliphatic rings. The van der Waals surface area contributed by atoms with Crippen LogP contribution < -0.4 is 0 Å². The Labute approximate surface area is 223 Å². The van der Waals surface area contributed by atoms with Crippen LogP contribution in [0.1, 0.15) is 0 Å². The van der Waals surface area contributed by atoms with Crippen LogP contribution in [0.15, 0.2) is 136 Å².